The first kappa shape index (κ1) is 21.0. The average molecular weight is 360 g/mol. The van der Waals surface area contributed by atoms with Crippen LogP contribution in [0.3, 0.4) is 0 Å². The van der Waals surface area contributed by atoms with Crippen LogP contribution in [0.15, 0.2) is 24.3 Å². The number of benzene rings is 1. The molecule has 0 aliphatic heterocycles. The molecule has 0 aromatic heterocycles. The Labute approximate surface area is 150 Å². The van der Waals surface area contributed by atoms with Gasteiger partial charge in [0.25, 0.3) is 0 Å². The molecule has 0 atom stereocenters. The molecule has 2 N–H and O–H groups in total. The zero-order valence-electron chi connectivity index (χ0n) is 14.4. The van der Waals surface area contributed by atoms with E-state index < -0.39 is 0 Å². The van der Waals surface area contributed by atoms with Crippen LogP contribution in [-0.4, -0.2) is 52.1 Å². The van der Waals surface area contributed by atoms with E-state index in [1.54, 1.807) is 0 Å². The number of hydrogen-bond donors (Lipinski definition) is 1. The highest BCUT2D eigenvalue weighted by molar-refractivity contribution is 6.17. The van der Waals surface area contributed by atoms with Crippen molar-refractivity contribution in [2.24, 2.45) is 0 Å². The monoisotopic (exact) mass is 359 g/mol. The van der Waals surface area contributed by atoms with Crippen LogP contribution in [0.2, 0.25) is 0 Å². The van der Waals surface area contributed by atoms with Crippen LogP contribution in [0.1, 0.15) is 25.7 Å². The Morgan fingerprint density at radius 1 is 0.708 bits per heavy atom. The maximum absolute atomic E-state index is 5.78. The topological polar surface area (TPSA) is 62.9 Å². The van der Waals surface area contributed by atoms with Gasteiger partial charge in [0.1, 0.15) is 12.4 Å². The third kappa shape index (κ3) is 11.5. The maximum Gasteiger partial charge on any atom is 0.142 e. The van der Waals surface area contributed by atoms with Crippen molar-refractivity contribution in [2.75, 3.05) is 57.9 Å². The van der Waals surface area contributed by atoms with Gasteiger partial charge in [-0.05, 0) is 25.0 Å². The van der Waals surface area contributed by atoms with Gasteiger partial charge in [0.15, 0.2) is 0 Å². The summed E-state index contributed by atoms with van der Waals surface area (Å²) in [6, 6.07) is 7.42. The van der Waals surface area contributed by atoms with Gasteiger partial charge in [-0.1, -0.05) is 25.0 Å². The average Bonchev–Trinajstić information content (AvgIpc) is 2.60. The molecule has 6 heteroatoms. The summed E-state index contributed by atoms with van der Waals surface area (Å²) < 4.78 is 21.9. The van der Waals surface area contributed by atoms with Crippen LogP contribution in [0.4, 0.5) is 5.69 Å². The Morgan fingerprint density at radius 2 is 1.29 bits per heavy atom. The molecule has 0 saturated heterocycles. The van der Waals surface area contributed by atoms with E-state index in [-0.39, 0.29) is 0 Å². The molecular formula is C18H30ClNO4. The highest BCUT2D eigenvalue weighted by Gasteiger charge is 1.98. The van der Waals surface area contributed by atoms with Crippen molar-refractivity contribution >= 4 is 17.3 Å². The fourth-order valence-corrected chi connectivity index (χ4v) is 2.21. The summed E-state index contributed by atoms with van der Waals surface area (Å²) >= 11 is 5.62. The number of anilines is 1. The molecular weight excluding hydrogens is 330 g/mol. The van der Waals surface area contributed by atoms with E-state index in [2.05, 4.69) is 0 Å². The fourth-order valence-electron chi connectivity index (χ4n) is 2.02. The Kier molecular flexibility index (Phi) is 13.6. The number of unbranched alkanes of at least 4 members (excludes halogenated alkanes) is 3. The van der Waals surface area contributed by atoms with E-state index in [1.807, 2.05) is 24.3 Å². The molecule has 0 spiro atoms. The van der Waals surface area contributed by atoms with E-state index in [9.17, 15) is 0 Å². The van der Waals surface area contributed by atoms with Gasteiger partial charge >= 0.3 is 0 Å². The minimum atomic E-state index is 0.473. The standard InChI is InChI=1S/C18H30ClNO4/c19-9-5-1-2-6-10-21-11-12-22-13-14-23-15-16-24-18-8-4-3-7-17(18)20/h3-4,7-8H,1-2,5-6,9-16,20H2. The lowest BCUT2D eigenvalue weighted by atomic mass is 10.2. The van der Waals surface area contributed by atoms with E-state index in [0.29, 0.717) is 51.1 Å². The third-order valence-electron chi connectivity index (χ3n) is 3.32. The van der Waals surface area contributed by atoms with Crippen molar-refractivity contribution in [1.29, 1.82) is 0 Å². The van der Waals surface area contributed by atoms with Crippen molar-refractivity contribution in [3.05, 3.63) is 24.3 Å². The molecule has 0 amide bonds. The highest BCUT2D eigenvalue weighted by atomic mass is 35.5. The number of ether oxygens (including phenoxy) is 4. The molecule has 0 radical (unpaired) electrons. The summed E-state index contributed by atoms with van der Waals surface area (Å²) in [6.07, 6.45) is 4.54. The van der Waals surface area contributed by atoms with E-state index in [0.717, 1.165) is 25.3 Å². The number of alkyl halides is 1. The first-order valence-corrected chi connectivity index (χ1v) is 9.14. The fraction of sp³-hybridized carbons (Fsp3) is 0.667. The van der Waals surface area contributed by atoms with Crippen LogP contribution in [-0.2, 0) is 14.2 Å². The number of nitrogens with two attached hydrogens (primary N) is 1. The molecule has 24 heavy (non-hydrogen) atoms. The molecule has 0 unspecified atom stereocenters. The number of rotatable bonds is 16. The molecule has 138 valence electrons. The molecule has 0 bridgehead atoms. The van der Waals surface area contributed by atoms with Gasteiger partial charge in [0.2, 0.25) is 0 Å². The summed E-state index contributed by atoms with van der Waals surface area (Å²) in [7, 11) is 0. The molecule has 0 aliphatic rings. The Balaban J connectivity index is 1.77. The van der Waals surface area contributed by atoms with Crippen LogP contribution in [0.5, 0.6) is 5.75 Å². The van der Waals surface area contributed by atoms with Crippen LogP contribution >= 0.6 is 11.6 Å². The van der Waals surface area contributed by atoms with Crippen molar-refractivity contribution in [3.8, 4) is 5.75 Å². The van der Waals surface area contributed by atoms with Gasteiger partial charge in [-0.15, -0.1) is 11.6 Å². The zero-order chi connectivity index (χ0) is 17.3. The van der Waals surface area contributed by atoms with Crippen molar-refractivity contribution in [1.82, 2.24) is 0 Å². The zero-order valence-corrected chi connectivity index (χ0v) is 15.1. The SMILES string of the molecule is Nc1ccccc1OCCOCCOCCOCCCCCCCl. The molecule has 1 aromatic carbocycles. The van der Waals surface area contributed by atoms with Crippen molar-refractivity contribution in [3.63, 3.8) is 0 Å². The Morgan fingerprint density at radius 3 is 1.96 bits per heavy atom. The summed E-state index contributed by atoms with van der Waals surface area (Å²) in [5.41, 5.74) is 6.42. The summed E-state index contributed by atoms with van der Waals surface area (Å²) in [6.45, 7) is 4.12. The lowest BCUT2D eigenvalue weighted by Gasteiger charge is -2.09. The minimum Gasteiger partial charge on any atom is -0.489 e. The van der Waals surface area contributed by atoms with Gasteiger partial charge < -0.3 is 24.7 Å². The second kappa shape index (κ2) is 15.5. The van der Waals surface area contributed by atoms with Crippen LogP contribution in [0.25, 0.3) is 0 Å². The largest absolute Gasteiger partial charge is 0.489 e. The normalized spacial score (nSPS) is 10.9. The predicted molar refractivity (Wildman–Crippen MR) is 98.0 cm³/mol. The third-order valence-corrected chi connectivity index (χ3v) is 3.59. The second-order valence-corrected chi connectivity index (χ2v) is 5.70. The lowest BCUT2D eigenvalue weighted by molar-refractivity contribution is 0.00883. The first-order chi connectivity index (χ1) is 11.8. The molecule has 5 nitrogen and oxygen atoms in total. The predicted octanol–water partition coefficient (Wildman–Crippen LogP) is 3.50. The Hall–Kier alpha value is -1.01. The second-order valence-electron chi connectivity index (χ2n) is 5.33. The lowest BCUT2D eigenvalue weighted by Crippen LogP contribution is -2.13. The molecule has 0 fully saturated rings. The van der Waals surface area contributed by atoms with Gasteiger partial charge in [-0.25, -0.2) is 0 Å². The van der Waals surface area contributed by atoms with Crippen molar-refractivity contribution in [2.45, 2.75) is 25.7 Å². The number of halogens is 1. The van der Waals surface area contributed by atoms with Crippen molar-refractivity contribution < 1.29 is 18.9 Å². The van der Waals surface area contributed by atoms with E-state index >= 15 is 0 Å². The molecule has 1 rings (SSSR count). The van der Waals surface area contributed by atoms with Crippen LogP contribution < -0.4 is 10.5 Å². The highest BCUT2D eigenvalue weighted by Crippen LogP contribution is 2.19. The quantitative estimate of drug-likeness (QED) is 0.278. The molecule has 1 aromatic rings. The summed E-state index contributed by atoms with van der Waals surface area (Å²) in [5.74, 6) is 1.44. The van der Waals surface area contributed by atoms with Crippen LogP contribution in [0, 0.1) is 0 Å². The van der Waals surface area contributed by atoms with Gasteiger partial charge in [0.05, 0.1) is 38.7 Å². The van der Waals surface area contributed by atoms with Gasteiger partial charge in [-0.3, -0.25) is 0 Å². The maximum atomic E-state index is 5.78. The number of hydrogen-bond acceptors (Lipinski definition) is 5. The van der Waals surface area contributed by atoms with Gasteiger partial charge in [0, 0.05) is 12.5 Å². The van der Waals surface area contributed by atoms with E-state index in [4.69, 9.17) is 36.3 Å². The molecule has 0 saturated carbocycles. The summed E-state index contributed by atoms with van der Waals surface area (Å²) in [4.78, 5) is 0. The smallest absolute Gasteiger partial charge is 0.142 e. The first-order valence-electron chi connectivity index (χ1n) is 8.61. The van der Waals surface area contributed by atoms with E-state index in [1.165, 1.54) is 12.8 Å². The summed E-state index contributed by atoms with van der Waals surface area (Å²) in [5, 5.41) is 0. The van der Waals surface area contributed by atoms with Gasteiger partial charge in [-0.2, -0.15) is 0 Å². The number of nitrogen functional groups attached to an aromatic ring is 1. The number of para-hydroxylation sites is 2. The molecule has 0 heterocycles. The Bertz CT molecular complexity index is 406. The minimum absolute atomic E-state index is 0.473. The molecule has 0 aliphatic carbocycles.